The van der Waals surface area contributed by atoms with Crippen LogP contribution in [0.4, 0.5) is 0 Å². The van der Waals surface area contributed by atoms with Gasteiger partial charge in [-0.25, -0.2) is 0 Å². The molecule has 0 amide bonds. The van der Waals surface area contributed by atoms with Gasteiger partial charge < -0.3 is 9.84 Å². The number of hydrogen-bond donors (Lipinski definition) is 2. The summed E-state index contributed by atoms with van der Waals surface area (Å²) in [6.45, 7) is 1.85. The molecule has 0 bridgehead atoms. The van der Waals surface area contributed by atoms with Gasteiger partial charge in [0.05, 0.1) is 25.2 Å². The number of carbonyl (C=O) groups excluding carboxylic acids is 1. The Morgan fingerprint density at radius 1 is 1.53 bits per heavy atom. The van der Waals surface area contributed by atoms with Crippen molar-refractivity contribution in [2.24, 2.45) is 0 Å². The van der Waals surface area contributed by atoms with Crippen LogP contribution in [0, 0.1) is 11.3 Å². The zero-order valence-electron chi connectivity index (χ0n) is 9.43. The molecule has 0 aliphatic carbocycles. The van der Waals surface area contributed by atoms with Crippen LogP contribution < -0.4 is 0 Å². The van der Waals surface area contributed by atoms with Crippen molar-refractivity contribution in [1.82, 2.24) is 0 Å². The van der Waals surface area contributed by atoms with Gasteiger partial charge in [-0.2, -0.15) is 5.26 Å². The average Bonchev–Trinajstić information content (AvgIpc) is 2.30. The predicted octanol–water partition coefficient (Wildman–Crippen LogP) is 1.44. The van der Waals surface area contributed by atoms with Crippen molar-refractivity contribution in [1.29, 1.82) is 5.26 Å². The Hall–Kier alpha value is -1.51. The quantitative estimate of drug-likeness (QED) is 0.627. The van der Waals surface area contributed by atoms with E-state index in [1.165, 1.54) is 0 Å². The van der Waals surface area contributed by atoms with Crippen LogP contribution >= 0.6 is 12.6 Å². The Morgan fingerprint density at radius 3 is 2.71 bits per heavy atom. The molecule has 0 saturated heterocycles. The lowest BCUT2D eigenvalue weighted by Crippen LogP contribution is -2.09. The fourth-order valence-electron chi connectivity index (χ4n) is 1.44. The van der Waals surface area contributed by atoms with Crippen molar-refractivity contribution < 1.29 is 14.6 Å². The lowest BCUT2D eigenvalue weighted by atomic mass is 10.0. The molecule has 0 aliphatic rings. The molecule has 0 atom stereocenters. The largest absolute Gasteiger partial charge is 0.466 e. The molecule has 0 fully saturated rings. The van der Waals surface area contributed by atoms with E-state index in [9.17, 15) is 4.79 Å². The first kappa shape index (κ1) is 13.6. The molecule has 0 unspecified atom stereocenters. The van der Waals surface area contributed by atoms with Crippen LogP contribution in [0.2, 0.25) is 0 Å². The Balaban J connectivity index is 3.06. The van der Waals surface area contributed by atoms with E-state index in [0.29, 0.717) is 28.2 Å². The molecule has 0 spiro atoms. The van der Waals surface area contributed by atoms with E-state index in [-0.39, 0.29) is 19.0 Å². The molecule has 1 aromatic rings. The molecule has 1 rings (SSSR count). The van der Waals surface area contributed by atoms with Crippen molar-refractivity contribution >= 4 is 18.6 Å². The van der Waals surface area contributed by atoms with Gasteiger partial charge in [0.2, 0.25) is 0 Å². The molecule has 17 heavy (non-hydrogen) atoms. The summed E-state index contributed by atoms with van der Waals surface area (Å²) in [6, 6.07) is 5.28. The van der Waals surface area contributed by atoms with Crippen LogP contribution in [0.5, 0.6) is 0 Å². The van der Waals surface area contributed by atoms with Gasteiger partial charge in [0, 0.05) is 4.90 Å². The minimum atomic E-state index is -0.381. The Morgan fingerprint density at radius 2 is 2.18 bits per heavy atom. The number of nitriles is 1. The zero-order chi connectivity index (χ0) is 12.8. The molecule has 0 saturated carbocycles. The maximum absolute atomic E-state index is 11.3. The highest BCUT2D eigenvalue weighted by molar-refractivity contribution is 7.80. The van der Waals surface area contributed by atoms with E-state index in [0.717, 1.165) is 0 Å². The van der Waals surface area contributed by atoms with Crippen LogP contribution in [0.3, 0.4) is 0 Å². The summed E-state index contributed by atoms with van der Waals surface area (Å²) in [7, 11) is 0. The molecule has 5 heteroatoms. The topological polar surface area (TPSA) is 70.3 Å². The van der Waals surface area contributed by atoms with Crippen molar-refractivity contribution in [2.75, 3.05) is 6.61 Å². The Labute approximate surface area is 105 Å². The first-order valence-electron chi connectivity index (χ1n) is 5.14. The van der Waals surface area contributed by atoms with E-state index in [4.69, 9.17) is 15.1 Å². The van der Waals surface area contributed by atoms with Crippen molar-refractivity contribution in [3.8, 4) is 6.07 Å². The number of ether oxygens (including phenoxy) is 1. The molecule has 0 aromatic heterocycles. The summed E-state index contributed by atoms with van der Waals surface area (Å²) < 4.78 is 4.82. The molecule has 90 valence electrons. The summed E-state index contributed by atoms with van der Waals surface area (Å²) in [6.07, 6.45) is 0.0377. The number of thiol groups is 1. The third-order valence-corrected chi connectivity index (χ3v) is 2.78. The Kier molecular flexibility index (Phi) is 5.01. The second-order valence-electron chi connectivity index (χ2n) is 3.36. The second kappa shape index (κ2) is 6.28. The molecular formula is C12H13NO3S. The third kappa shape index (κ3) is 3.22. The van der Waals surface area contributed by atoms with E-state index in [2.05, 4.69) is 12.6 Å². The normalized spacial score (nSPS) is 9.76. The summed E-state index contributed by atoms with van der Waals surface area (Å²) >= 11 is 4.18. The summed E-state index contributed by atoms with van der Waals surface area (Å²) in [5.74, 6) is -0.381. The van der Waals surface area contributed by atoms with Crippen LogP contribution in [0.15, 0.2) is 17.0 Å². The highest BCUT2D eigenvalue weighted by Gasteiger charge is 2.13. The monoisotopic (exact) mass is 251 g/mol. The fourth-order valence-corrected chi connectivity index (χ4v) is 1.78. The molecule has 1 aromatic carbocycles. The van der Waals surface area contributed by atoms with Gasteiger partial charge in [-0.15, -0.1) is 12.6 Å². The minimum absolute atomic E-state index is 0.0377. The highest BCUT2D eigenvalue weighted by atomic mass is 32.1. The lowest BCUT2D eigenvalue weighted by Gasteiger charge is -2.09. The molecule has 0 heterocycles. The smallest absolute Gasteiger partial charge is 0.310 e. The van der Waals surface area contributed by atoms with Crippen LogP contribution in [-0.4, -0.2) is 17.7 Å². The van der Waals surface area contributed by atoms with Gasteiger partial charge in [0.25, 0.3) is 0 Å². The van der Waals surface area contributed by atoms with Gasteiger partial charge in [-0.05, 0) is 18.1 Å². The summed E-state index contributed by atoms with van der Waals surface area (Å²) in [5.41, 5.74) is 1.44. The molecular weight excluding hydrogens is 238 g/mol. The number of nitrogens with zero attached hydrogens (tertiary/aromatic N) is 1. The van der Waals surface area contributed by atoms with E-state index in [1.807, 2.05) is 6.07 Å². The van der Waals surface area contributed by atoms with E-state index < -0.39 is 0 Å². The number of carbonyl (C=O) groups is 1. The number of esters is 1. The standard InChI is InChI=1S/C12H13NO3S/c1-2-16-11(15)5-8-3-4-9(7-14)12(17)10(8)6-13/h3-4,14,17H,2,5,7H2,1H3. The fraction of sp³-hybridized carbons (Fsp3) is 0.333. The number of hydrogen-bond acceptors (Lipinski definition) is 5. The van der Waals surface area contributed by atoms with Crippen LogP contribution in [0.1, 0.15) is 23.6 Å². The van der Waals surface area contributed by atoms with Crippen molar-refractivity contribution in [2.45, 2.75) is 24.8 Å². The van der Waals surface area contributed by atoms with Gasteiger partial charge in [-0.1, -0.05) is 12.1 Å². The molecule has 4 nitrogen and oxygen atoms in total. The van der Waals surface area contributed by atoms with E-state index in [1.54, 1.807) is 19.1 Å². The van der Waals surface area contributed by atoms with Crippen LogP contribution in [-0.2, 0) is 22.6 Å². The first-order chi connectivity index (χ1) is 8.13. The number of aliphatic hydroxyl groups excluding tert-OH is 1. The maximum Gasteiger partial charge on any atom is 0.310 e. The zero-order valence-corrected chi connectivity index (χ0v) is 10.3. The molecule has 0 radical (unpaired) electrons. The lowest BCUT2D eigenvalue weighted by molar-refractivity contribution is -0.142. The average molecular weight is 251 g/mol. The number of benzene rings is 1. The number of rotatable bonds is 4. The van der Waals surface area contributed by atoms with Gasteiger partial charge >= 0.3 is 5.97 Å². The van der Waals surface area contributed by atoms with Crippen molar-refractivity contribution in [3.05, 3.63) is 28.8 Å². The van der Waals surface area contributed by atoms with Crippen LogP contribution in [0.25, 0.3) is 0 Å². The summed E-state index contributed by atoms with van der Waals surface area (Å²) in [4.78, 5) is 11.8. The van der Waals surface area contributed by atoms with E-state index >= 15 is 0 Å². The van der Waals surface area contributed by atoms with Gasteiger partial charge in [0.15, 0.2) is 0 Å². The van der Waals surface area contributed by atoms with Gasteiger partial charge in [0.1, 0.15) is 6.07 Å². The van der Waals surface area contributed by atoms with Gasteiger partial charge in [-0.3, -0.25) is 4.79 Å². The second-order valence-corrected chi connectivity index (χ2v) is 3.81. The first-order valence-corrected chi connectivity index (χ1v) is 5.59. The minimum Gasteiger partial charge on any atom is -0.466 e. The SMILES string of the molecule is CCOC(=O)Cc1ccc(CO)c(S)c1C#N. The number of aliphatic hydroxyl groups is 1. The summed E-state index contributed by atoms with van der Waals surface area (Å²) in [5, 5.41) is 18.1. The Bertz CT molecular complexity index is 466. The maximum atomic E-state index is 11.3. The molecule has 1 N–H and O–H groups in total. The predicted molar refractivity (Wildman–Crippen MR) is 64.7 cm³/mol. The highest BCUT2D eigenvalue weighted by Crippen LogP contribution is 2.23. The third-order valence-electron chi connectivity index (χ3n) is 2.27. The van der Waals surface area contributed by atoms with Crippen molar-refractivity contribution in [3.63, 3.8) is 0 Å². The molecule has 0 aliphatic heterocycles.